The lowest BCUT2D eigenvalue weighted by Crippen LogP contribution is -2.17. The molecule has 126 valence electrons. The maximum atomic E-state index is 12.5. The number of ether oxygens (including phenoxy) is 2. The summed E-state index contributed by atoms with van der Waals surface area (Å²) in [4.78, 5) is 11.0. The molecule has 2 aromatic carbocycles. The van der Waals surface area contributed by atoms with Crippen LogP contribution in [0, 0.1) is 6.92 Å². The zero-order valence-electron chi connectivity index (χ0n) is 12.8. The highest BCUT2D eigenvalue weighted by atomic mass is 32.2. The normalized spacial score (nSPS) is 13.4. The van der Waals surface area contributed by atoms with Gasteiger partial charge in [-0.25, -0.2) is 13.2 Å². The summed E-state index contributed by atoms with van der Waals surface area (Å²) in [6.45, 7) is 2.44. The van der Waals surface area contributed by atoms with Gasteiger partial charge in [-0.1, -0.05) is 6.07 Å². The van der Waals surface area contributed by atoms with E-state index in [0.717, 1.165) is 6.07 Å². The molecule has 0 spiro atoms. The Morgan fingerprint density at radius 2 is 1.79 bits per heavy atom. The van der Waals surface area contributed by atoms with E-state index in [9.17, 15) is 13.2 Å². The first-order chi connectivity index (χ1) is 11.4. The predicted molar refractivity (Wildman–Crippen MR) is 86.4 cm³/mol. The van der Waals surface area contributed by atoms with Crippen LogP contribution in [0.5, 0.6) is 11.5 Å². The Balaban J connectivity index is 1.91. The smallest absolute Gasteiger partial charge is 0.335 e. The number of anilines is 1. The van der Waals surface area contributed by atoms with E-state index in [1.54, 1.807) is 19.1 Å². The molecule has 0 unspecified atom stereocenters. The number of carboxylic acid groups (broad SMARTS) is 1. The number of aryl methyl sites for hydroxylation is 1. The number of carbonyl (C=O) groups is 1. The topological polar surface area (TPSA) is 102 Å². The van der Waals surface area contributed by atoms with E-state index < -0.39 is 16.0 Å². The number of carboxylic acids is 1. The quantitative estimate of drug-likeness (QED) is 0.878. The van der Waals surface area contributed by atoms with E-state index >= 15 is 0 Å². The average molecular weight is 349 g/mol. The van der Waals surface area contributed by atoms with Crippen LogP contribution in [0.1, 0.15) is 15.9 Å². The van der Waals surface area contributed by atoms with Crippen molar-refractivity contribution in [3.05, 3.63) is 47.5 Å². The van der Waals surface area contributed by atoms with E-state index in [1.165, 1.54) is 18.2 Å². The van der Waals surface area contributed by atoms with Gasteiger partial charge >= 0.3 is 5.97 Å². The summed E-state index contributed by atoms with van der Waals surface area (Å²) in [6, 6.07) is 8.65. The van der Waals surface area contributed by atoms with Crippen LogP contribution < -0.4 is 14.2 Å². The Labute approximate surface area is 138 Å². The van der Waals surface area contributed by atoms with Crippen LogP contribution in [-0.4, -0.2) is 32.7 Å². The summed E-state index contributed by atoms with van der Waals surface area (Å²) in [5.74, 6) is -0.173. The summed E-state index contributed by atoms with van der Waals surface area (Å²) in [5, 5.41) is 9.13. The lowest BCUT2D eigenvalue weighted by molar-refractivity contribution is 0.0696. The van der Waals surface area contributed by atoms with E-state index in [4.69, 9.17) is 14.6 Å². The van der Waals surface area contributed by atoms with Crippen LogP contribution in [0.2, 0.25) is 0 Å². The number of aromatic carboxylic acids is 1. The van der Waals surface area contributed by atoms with Crippen LogP contribution in [0.15, 0.2) is 41.3 Å². The molecule has 0 aliphatic carbocycles. The third kappa shape index (κ3) is 3.13. The standard InChI is InChI=1S/C16H15NO6S/c1-10-2-4-12(9-13(10)16(18)19)24(20,21)17-11-3-5-14-15(8-11)23-7-6-22-14/h2-5,8-9,17H,6-7H2,1H3,(H,18,19). The van der Waals surface area contributed by atoms with Crippen LogP contribution in [0.25, 0.3) is 0 Å². The third-order valence-electron chi connectivity index (χ3n) is 3.54. The Morgan fingerprint density at radius 1 is 1.08 bits per heavy atom. The number of fused-ring (bicyclic) bond motifs is 1. The van der Waals surface area contributed by atoms with Crippen LogP contribution in [0.4, 0.5) is 5.69 Å². The minimum atomic E-state index is -3.92. The minimum absolute atomic E-state index is 0.0555. The third-order valence-corrected chi connectivity index (χ3v) is 4.92. The Bertz CT molecular complexity index is 907. The molecule has 24 heavy (non-hydrogen) atoms. The van der Waals surface area contributed by atoms with E-state index in [-0.39, 0.29) is 10.5 Å². The zero-order valence-corrected chi connectivity index (χ0v) is 13.6. The second-order valence-electron chi connectivity index (χ2n) is 5.25. The van der Waals surface area contributed by atoms with Gasteiger partial charge < -0.3 is 14.6 Å². The van der Waals surface area contributed by atoms with Crippen molar-refractivity contribution in [1.29, 1.82) is 0 Å². The van der Waals surface area contributed by atoms with Crippen molar-refractivity contribution < 1.29 is 27.8 Å². The molecule has 3 rings (SSSR count). The van der Waals surface area contributed by atoms with Gasteiger partial charge in [0.2, 0.25) is 0 Å². The van der Waals surface area contributed by atoms with Gasteiger partial charge in [-0.05, 0) is 36.8 Å². The fourth-order valence-electron chi connectivity index (χ4n) is 2.32. The molecule has 2 aromatic rings. The largest absolute Gasteiger partial charge is 0.486 e. The molecule has 2 N–H and O–H groups in total. The maximum Gasteiger partial charge on any atom is 0.335 e. The van der Waals surface area contributed by atoms with Gasteiger partial charge in [0.15, 0.2) is 11.5 Å². The van der Waals surface area contributed by atoms with Gasteiger partial charge in [0.25, 0.3) is 10.0 Å². The lowest BCUT2D eigenvalue weighted by atomic mass is 10.1. The van der Waals surface area contributed by atoms with Crippen LogP contribution in [-0.2, 0) is 10.0 Å². The molecular formula is C16H15NO6S. The van der Waals surface area contributed by atoms with Gasteiger partial charge in [-0.2, -0.15) is 0 Å². The van der Waals surface area contributed by atoms with Gasteiger partial charge in [-0.3, -0.25) is 4.72 Å². The molecule has 0 saturated carbocycles. The molecule has 0 radical (unpaired) electrons. The molecule has 0 amide bonds. The number of benzene rings is 2. The first kappa shape index (κ1) is 16.1. The predicted octanol–water partition coefficient (Wildman–Crippen LogP) is 2.27. The summed E-state index contributed by atoms with van der Waals surface area (Å²) in [7, 11) is -3.92. The average Bonchev–Trinajstić information content (AvgIpc) is 2.54. The van der Waals surface area contributed by atoms with E-state index in [1.807, 2.05) is 0 Å². The molecule has 1 aliphatic heterocycles. The second kappa shape index (κ2) is 6.04. The zero-order chi connectivity index (χ0) is 17.3. The maximum absolute atomic E-state index is 12.5. The van der Waals surface area contributed by atoms with Crippen molar-refractivity contribution in [2.24, 2.45) is 0 Å². The molecular weight excluding hydrogens is 334 g/mol. The first-order valence-corrected chi connectivity index (χ1v) is 8.61. The molecule has 0 saturated heterocycles. The fraction of sp³-hybridized carbons (Fsp3) is 0.188. The van der Waals surface area contributed by atoms with E-state index in [2.05, 4.69) is 4.72 Å². The second-order valence-corrected chi connectivity index (χ2v) is 6.93. The van der Waals surface area contributed by atoms with Gasteiger partial charge in [0, 0.05) is 6.07 Å². The summed E-state index contributed by atoms with van der Waals surface area (Å²) >= 11 is 0. The monoisotopic (exact) mass is 349 g/mol. The van der Waals surface area contributed by atoms with Crippen LogP contribution in [0.3, 0.4) is 0 Å². The minimum Gasteiger partial charge on any atom is -0.486 e. The summed E-state index contributed by atoms with van der Waals surface area (Å²) in [6.07, 6.45) is 0. The number of hydrogen-bond donors (Lipinski definition) is 2. The van der Waals surface area contributed by atoms with Crippen molar-refractivity contribution in [3.8, 4) is 11.5 Å². The molecule has 0 bridgehead atoms. The number of hydrogen-bond acceptors (Lipinski definition) is 5. The summed E-state index contributed by atoms with van der Waals surface area (Å²) < 4.78 is 38.2. The SMILES string of the molecule is Cc1ccc(S(=O)(=O)Nc2ccc3c(c2)OCCO3)cc1C(=O)O. The molecule has 0 aromatic heterocycles. The molecule has 0 fully saturated rings. The van der Waals surface area contributed by atoms with Crippen LogP contribution >= 0.6 is 0 Å². The van der Waals surface area contributed by atoms with Gasteiger partial charge in [0.1, 0.15) is 13.2 Å². The Kier molecular flexibility index (Phi) is 4.06. The molecule has 0 atom stereocenters. The molecule has 8 heteroatoms. The summed E-state index contributed by atoms with van der Waals surface area (Å²) in [5.41, 5.74) is 0.734. The number of sulfonamides is 1. The van der Waals surface area contributed by atoms with Gasteiger partial charge in [-0.15, -0.1) is 0 Å². The molecule has 1 aliphatic rings. The van der Waals surface area contributed by atoms with Crippen molar-refractivity contribution in [1.82, 2.24) is 0 Å². The number of nitrogens with one attached hydrogen (secondary N) is 1. The highest BCUT2D eigenvalue weighted by molar-refractivity contribution is 7.92. The van der Waals surface area contributed by atoms with Crippen molar-refractivity contribution in [2.75, 3.05) is 17.9 Å². The molecule has 1 heterocycles. The lowest BCUT2D eigenvalue weighted by Gasteiger charge is -2.19. The highest BCUT2D eigenvalue weighted by Crippen LogP contribution is 2.33. The Hall–Kier alpha value is -2.74. The van der Waals surface area contributed by atoms with E-state index in [0.29, 0.717) is 36.0 Å². The number of rotatable bonds is 4. The van der Waals surface area contributed by atoms with Crippen molar-refractivity contribution in [3.63, 3.8) is 0 Å². The Morgan fingerprint density at radius 3 is 2.50 bits per heavy atom. The van der Waals surface area contributed by atoms with Gasteiger partial charge in [0.05, 0.1) is 16.1 Å². The molecule has 7 nitrogen and oxygen atoms in total. The fourth-order valence-corrected chi connectivity index (χ4v) is 3.39. The first-order valence-electron chi connectivity index (χ1n) is 7.13. The highest BCUT2D eigenvalue weighted by Gasteiger charge is 2.19. The van der Waals surface area contributed by atoms with Crippen molar-refractivity contribution >= 4 is 21.7 Å². The van der Waals surface area contributed by atoms with Crippen molar-refractivity contribution in [2.45, 2.75) is 11.8 Å².